The Morgan fingerprint density at radius 3 is 2.31 bits per heavy atom. The molecule has 224 valence electrons. The third-order valence-corrected chi connectivity index (χ3v) is 8.61. The molecule has 0 bridgehead atoms. The van der Waals surface area contributed by atoms with Crippen LogP contribution in [-0.2, 0) is 32.6 Å². The molecule has 1 N–H and O–H groups in total. The van der Waals surface area contributed by atoms with Crippen LogP contribution in [-0.4, -0.2) is 55.8 Å². The lowest BCUT2D eigenvalue weighted by Crippen LogP contribution is -2.56. The number of benzene rings is 3. The van der Waals surface area contributed by atoms with E-state index in [1.165, 1.54) is 17.9 Å². The van der Waals surface area contributed by atoms with Gasteiger partial charge in [0.25, 0.3) is 0 Å². The Morgan fingerprint density at radius 2 is 1.64 bits per heavy atom. The number of nitrogens with one attached hydrogen (secondary N) is 1. The van der Waals surface area contributed by atoms with Crippen LogP contribution in [0.25, 0.3) is 0 Å². The van der Waals surface area contributed by atoms with E-state index in [0.717, 1.165) is 9.87 Å². The van der Waals surface area contributed by atoms with Gasteiger partial charge < -0.3 is 19.7 Å². The van der Waals surface area contributed by atoms with Gasteiger partial charge in [-0.15, -0.1) is 0 Å². The monoisotopic (exact) mass is 613 g/mol. The fourth-order valence-corrected chi connectivity index (χ4v) is 5.87. The normalized spacial score (nSPS) is 13.4. The van der Waals surface area contributed by atoms with E-state index in [4.69, 9.17) is 21.1 Å². The molecule has 3 aromatic rings. The van der Waals surface area contributed by atoms with Crippen LogP contribution in [0.1, 0.15) is 38.8 Å². The quantitative estimate of drug-likeness (QED) is 0.334. The number of ether oxygens (including phenoxy) is 2. The standard InChI is InChI=1S/C31H36ClN3O6S/c1-5-42(38,39)35(25-14-15-27-28(18-25)41-21-40-27)20-29(36)34(19-23-12-9-13-24(32)16-23)26(30(37)33-31(2,3)4)17-22-10-7-6-8-11-22/h6-16,18,26H,5,17,19-21H2,1-4H3,(H,33,37)/t26-/m1/s1. The number of sulfonamides is 1. The van der Waals surface area contributed by atoms with E-state index < -0.39 is 34.1 Å². The van der Waals surface area contributed by atoms with E-state index in [1.807, 2.05) is 57.2 Å². The number of hydrogen-bond donors (Lipinski definition) is 1. The zero-order valence-electron chi connectivity index (χ0n) is 24.2. The molecule has 2 amide bonds. The largest absolute Gasteiger partial charge is 0.454 e. The summed E-state index contributed by atoms with van der Waals surface area (Å²) in [5.74, 6) is -0.257. The van der Waals surface area contributed by atoms with E-state index in [-0.39, 0.29) is 37.1 Å². The predicted molar refractivity (Wildman–Crippen MR) is 163 cm³/mol. The van der Waals surface area contributed by atoms with Crippen molar-refractivity contribution in [3.8, 4) is 11.5 Å². The fraction of sp³-hybridized carbons (Fsp3) is 0.355. The Hall–Kier alpha value is -3.76. The Morgan fingerprint density at radius 1 is 0.952 bits per heavy atom. The molecule has 0 aliphatic carbocycles. The van der Waals surface area contributed by atoms with Gasteiger partial charge in [-0.3, -0.25) is 13.9 Å². The van der Waals surface area contributed by atoms with E-state index in [9.17, 15) is 18.0 Å². The molecule has 1 atom stereocenters. The van der Waals surface area contributed by atoms with Crippen molar-refractivity contribution in [3.63, 3.8) is 0 Å². The van der Waals surface area contributed by atoms with Gasteiger partial charge in [-0.25, -0.2) is 8.42 Å². The number of hydrogen-bond acceptors (Lipinski definition) is 6. The van der Waals surface area contributed by atoms with Crippen LogP contribution in [0.4, 0.5) is 5.69 Å². The first-order valence-corrected chi connectivity index (χ1v) is 15.6. The molecule has 0 saturated heterocycles. The predicted octanol–water partition coefficient (Wildman–Crippen LogP) is 4.78. The summed E-state index contributed by atoms with van der Waals surface area (Å²) in [6.07, 6.45) is 0.222. The number of halogens is 1. The van der Waals surface area contributed by atoms with Crippen molar-refractivity contribution in [1.29, 1.82) is 0 Å². The lowest BCUT2D eigenvalue weighted by Gasteiger charge is -2.35. The number of fused-ring (bicyclic) bond motifs is 1. The molecule has 1 aliphatic heterocycles. The summed E-state index contributed by atoms with van der Waals surface area (Å²) in [5.41, 5.74) is 1.24. The van der Waals surface area contributed by atoms with Crippen molar-refractivity contribution in [2.24, 2.45) is 0 Å². The summed E-state index contributed by atoms with van der Waals surface area (Å²) >= 11 is 6.26. The second-order valence-corrected chi connectivity index (χ2v) is 13.7. The summed E-state index contributed by atoms with van der Waals surface area (Å²) < 4.78 is 38.5. The molecule has 4 rings (SSSR count). The van der Waals surface area contributed by atoms with Crippen molar-refractivity contribution in [2.45, 2.75) is 52.2 Å². The minimum atomic E-state index is -3.90. The highest BCUT2D eigenvalue weighted by Crippen LogP contribution is 2.36. The topological polar surface area (TPSA) is 105 Å². The second kappa shape index (κ2) is 13.0. The minimum Gasteiger partial charge on any atom is -0.454 e. The van der Waals surface area contributed by atoms with Crippen LogP contribution in [0.5, 0.6) is 11.5 Å². The molecule has 9 nitrogen and oxygen atoms in total. The lowest BCUT2D eigenvalue weighted by molar-refractivity contribution is -0.140. The SMILES string of the molecule is CCS(=O)(=O)N(CC(=O)N(Cc1cccc(Cl)c1)[C@H](Cc1ccccc1)C(=O)NC(C)(C)C)c1ccc2c(c1)OCO2. The zero-order chi connectivity index (χ0) is 30.5. The van der Waals surface area contributed by atoms with Gasteiger partial charge in [-0.2, -0.15) is 0 Å². The van der Waals surface area contributed by atoms with Crippen LogP contribution in [0, 0.1) is 0 Å². The van der Waals surface area contributed by atoms with Gasteiger partial charge in [0.1, 0.15) is 12.6 Å². The lowest BCUT2D eigenvalue weighted by atomic mass is 10.0. The van der Waals surface area contributed by atoms with Crippen LogP contribution < -0.4 is 19.1 Å². The van der Waals surface area contributed by atoms with Crippen molar-refractivity contribution in [2.75, 3.05) is 23.4 Å². The third kappa shape index (κ3) is 7.95. The molecular weight excluding hydrogens is 578 g/mol. The number of carbonyl (C=O) groups is 2. The fourth-order valence-electron chi connectivity index (χ4n) is 4.60. The van der Waals surface area contributed by atoms with Crippen LogP contribution in [0.3, 0.4) is 0 Å². The number of amides is 2. The van der Waals surface area contributed by atoms with E-state index in [1.54, 1.807) is 30.3 Å². The Labute approximate surface area is 252 Å². The molecule has 1 heterocycles. The Balaban J connectivity index is 1.76. The summed E-state index contributed by atoms with van der Waals surface area (Å²) in [6.45, 7) is 6.64. The summed E-state index contributed by atoms with van der Waals surface area (Å²) in [5, 5.41) is 3.49. The number of anilines is 1. The molecular formula is C31H36ClN3O6S. The first-order valence-electron chi connectivity index (χ1n) is 13.7. The first-order chi connectivity index (χ1) is 19.9. The number of carbonyl (C=O) groups excluding carboxylic acids is 2. The average molecular weight is 614 g/mol. The van der Waals surface area contributed by atoms with Crippen LogP contribution in [0.15, 0.2) is 72.8 Å². The molecule has 0 fully saturated rings. The van der Waals surface area contributed by atoms with Crippen molar-refractivity contribution in [3.05, 3.63) is 88.9 Å². The Bertz CT molecular complexity index is 1530. The third-order valence-electron chi connectivity index (χ3n) is 6.63. The van der Waals surface area contributed by atoms with Gasteiger partial charge in [0.05, 0.1) is 11.4 Å². The van der Waals surface area contributed by atoms with Gasteiger partial charge in [-0.05, 0) is 63.1 Å². The maximum atomic E-state index is 14.3. The molecule has 0 spiro atoms. The minimum absolute atomic E-state index is 0.0235. The highest BCUT2D eigenvalue weighted by atomic mass is 35.5. The molecule has 1 aliphatic rings. The van der Waals surface area contributed by atoms with Crippen molar-refractivity contribution < 1.29 is 27.5 Å². The van der Waals surface area contributed by atoms with Gasteiger partial charge in [0.15, 0.2) is 11.5 Å². The van der Waals surface area contributed by atoms with E-state index in [2.05, 4.69) is 5.32 Å². The van der Waals surface area contributed by atoms with Crippen LogP contribution >= 0.6 is 11.6 Å². The number of rotatable bonds is 11. The Kier molecular flexibility index (Phi) is 9.68. The molecule has 11 heteroatoms. The first kappa shape index (κ1) is 31.2. The molecule has 42 heavy (non-hydrogen) atoms. The van der Waals surface area contributed by atoms with Crippen molar-refractivity contribution >= 4 is 39.1 Å². The summed E-state index contributed by atoms with van der Waals surface area (Å²) in [4.78, 5) is 29.5. The summed E-state index contributed by atoms with van der Waals surface area (Å²) in [7, 11) is -3.90. The highest BCUT2D eigenvalue weighted by Gasteiger charge is 2.35. The molecule has 0 radical (unpaired) electrons. The van der Waals surface area contributed by atoms with Crippen LogP contribution in [0.2, 0.25) is 5.02 Å². The average Bonchev–Trinajstić information content (AvgIpc) is 3.41. The molecule has 0 aromatic heterocycles. The number of nitrogens with zero attached hydrogens (tertiary/aromatic N) is 2. The molecule has 0 unspecified atom stereocenters. The van der Waals surface area contributed by atoms with Gasteiger partial charge in [0, 0.05) is 29.6 Å². The second-order valence-electron chi connectivity index (χ2n) is 11.0. The van der Waals surface area contributed by atoms with Gasteiger partial charge >= 0.3 is 0 Å². The molecule has 3 aromatic carbocycles. The summed E-state index contributed by atoms with van der Waals surface area (Å²) in [6, 6.07) is 20.2. The maximum absolute atomic E-state index is 14.3. The van der Waals surface area contributed by atoms with E-state index in [0.29, 0.717) is 22.1 Å². The molecule has 0 saturated carbocycles. The van der Waals surface area contributed by atoms with Crippen molar-refractivity contribution in [1.82, 2.24) is 10.2 Å². The van der Waals surface area contributed by atoms with Gasteiger partial charge in [-0.1, -0.05) is 54.1 Å². The maximum Gasteiger partial charge on any atom is 0.244 e. The highest BCUT2D eigenvalue weighted by molar-refractivity contribution is 7.92. The zero-order valence-corrected chi connectivity index (χ0v) is 25.7. The smallest absolute Gasteiger partial charge is 0.244 e. The van der Waals surface area contributed by atoms with Gasteiger partial charge in [0.2, 0.25) is 28.6 Å². The van der Waals surface area contributed by atoms with E-state index >= 15 is 0 Å².